The minimum atomic E-state index is 0.782. The average molecular weight is 153 g/mol. The summed E-state index contributed by atoms with van der Waals surface area (Å²) in [4.78, 5) is 0. The van der Waals surface area contributed by atoms with Gasteiger partial charge in [0.05, 0.1) is 0 Å². The summed E-state index contributed by atoms with van der Waals surface area (Å²) in [6.45, 7) is 4.95. The summed E-state index contributed by atoms with van der Waals surface area (Å²) in [6.07, 6.45) is 7.39. The van der Waals surface area contributed by atoms with Crippen LogP contribution in [0.2, 0.25) is 0 Å². The quantitative estimate of drug-likeness (QED) is 0.562. The maximum absolute atomic E-state index is 3.45. The zero-order valence-electron chi connectivity index (χ0n) is 7.53. The molecule has 0 radical (unpaired) electrons. The minimum absolute atomic E-state index is 0.782. The molecular weight excluding hydrogens is 134 g/mol. The highest BCUT2D eigenvalue weighted by Crippen LogP contribution is 2.47. The lowest BCUT2D eigenvalue weighted by Gasteiger charge is -2.33. The van der Waals surface area contributed by atoms with Crippen molar-refractivity contribution in [3.63, 3.8) is 0 Å². The Balaban J connectivity index is 1.98. The van der Waals surface area contributed by atoms with Crippen LogP contribution in [-0.4, -0.2) is 13.1 Å². The predicted molar refractivity (Wildman–Crippen MR) is 47.6 cm³/mol. The summed E-state index contributed by atoms with van der Waals surface area (Å²) in [5, 5.41) is 3.45. The smallest absolute Gasteiger partial charge is 0.00436 e. The minimum Gasteiger partial charge on any atom is -0.317 e. The van der Waals surface area contributed by atoms with Gasteiger partial charge in [0.25, 0.3) is 0 Å². The van der Waals surface area contributed by atoms with E-state index < -0.39 is 0 Å². The number of hydrogen-bond donors (Lipinski definition) is 1. The summed E-state index contributed by atoms with van der Waals surface area (Å²) in [7, 11) is 0. The SMILES string of the molecule is C[C@H]1CCC2(CCNCC2)C1. The van der Waals surface area contributed by atoms with Crippen LogP contribution in [0.5, 0.6) is 0 Å². The molecule has 0 aromatic heterocycles. The van der Waals surface area contributed by atoms with E-state index in [-0.39, 0.29) is 0 Å². The summed E-state index contributed by atoms with van der Waals surface area (Å²) in [6, 6.07) is 0. The van der Waals surface area contributed by atoms with E-state index in [1.54, 1.807) is 0 Å². The first kappa shape index (κ1) is 7.60. The first-order valence-electron chi connectivity index (χ1n) is 5.02. The first-order valence-corrected chi connectivity index (χ1v) is 5.02. The van der Waals surface area contributed by atoms with Gasteiger partial charge in [-0.25, -0.2) is 0 Å². The van der Waals surface area contributed by atoms with Crippen LogP contribution in [0, 0.1) is 11.3 Å². The molecule has 0 aromatic rings. The van der Waals surface area contributed by atoms with Gasteiger partial charge in [-0.05, 0) is 50.1 Å². The molecule has 11 heavy (non-hydrogen) atoms. The molecule has 1 heteroatoms. The molecule has 64 valence electrons. The van der Waals surface area contributed by atoms with Gasteiger partial charge in [-0.15, -0.1) is 0 Å². The van der Waals surface area contributed by atoms with E-state index in [0.29, 0.717) is 0 Å². The largest absolute Gasteiger partial charge is 0.317 e. The maximum Gasteiger partial charge on any atom is -0.00436 e. The molecule has 1 heterocycles. The predicted octanol–water partition coefficient (Wildman–Crippen LogP) is 2.18. The van der Waals surface area contributed by atoms with Crippen LogP contribution in [0.1, 0.15) is 39.0 Å². The average Bonchev–Trinajstić information content (AvgIpc) is 2.34. The number of nitrogens with one attached hydrogen (secondary N) is 1. The Hall–Kier alpha value is -0.0400. The second-order valence-corrected chi connectivity index (χ2v) is 4.60. The molecule has 1 aliphatic heterocycles. The van der Waals surface area contributed by atoms with E-state index in [9.17, 15) is 0 Å². The third-order valence-corrected chi connectivity index (χ3v) is 3.61. The van der Waals surface area contributed by atoms with Crippen LogP contribution >= 0.6 is 0 Å². The van der Waals surface area contributed by atoms with E-state index >= 15 is 0 Å². The summed E-state index contributed by atoms with van der Waals surface area (Å²) < 4.78 is 0. The molecule has 1 nitrogen and oxygen atoms in total. The van der Waals surface area contributed by atoms with Crippen LogP contribution in [-0.2, 0) is 0 Å². The van der Waals surface area contributed by atoms with Gasteiger partial charge in [0.15, 0.2) is 0 Å². The number of rotatable bonds is 0. The monoisotopic (exact) mass is 153 g/mol. The lowest BCUT2D eigenvalue weighted by Crippen LogP contribution is -2.34. The van der Waals surface area contributed by atoms with Gasteiger partial charge in [-0.2, -0.15) is 0 Å². The molecule has 2 fully saturated rings. The van der Waals surface area contributed by atoms with Gasteiger partial charge in [-0.1, -0.05) is 13.3 Å². The molecular formula is C10H19N. The Kier molecular flexibility index (Phi) is 1.92. The standard InChI is InChI=1S/C10H19N/c1-9-2-3-10(8-9)4-6-11-7-5-10/h9,11H,2-8H2,1H3/t9-/m0/s1. The molecule has 1 atom stereocenters. The fourth-order valence-corrected chi connectivity index (χ4v) is 2.91. The Morgan fingerprint density at radius 3 is 2.45 bits per heavy atom. The van der Waals surface area contributed by atoms with Crippen molar-refractivity contribution < 1.29 is 0 Å². The molecule has 1 saturated heterocycles. The zero-order chi connectivity index (χ0) is 7.73. The molecule has 0 amide bonds. The molecule has 1 saturated carbocycles. The second kappa shape index (κ2) is 2.78. The highest BCUT2D eigenvalue weighted by atomic mass is 14.9. The van der Waals surface area contributed by atoms with Crippen molar-refractivity contribution in [1.29, 1.82) is 0 Å². The highest BCUT2D eigenvalue weighted by molar-refractivity contribution is 4.90. The van der Waals surface area contributed by atoms with E-state index in [2.05, 4.69) is 12.2 Å². The van der Waals surface area contributed by atoms with Crippen molar-refractivity contribution in [3.8, 4) is 0 Å². The summed E-state index contributed by atoms with van der Waals surface area (Å²) >= 11 is 0. The molecule has 1 spiro atoms. The van der Waals surface area contributed by atoms with Crippen LogP contribution in [0.15, 0.2) is 0 Å². The molecule has 0 aromatic carbocycles. The van der Waals surface area contributed by atoms with Crippen molar-refractivity contribution >= 4 is 0 Å². The van der Waals surface area contributed by atoms with Crippen molar-refractivity contribution in [2.24, 2.45) is 11.3 Å². The van der Waals surface area contributed by atoms with Crippen molar-refractivity contribution in [3.05, 3.63) is 0 Å². The Morgan fingerprint density at radius 1 is 1.18 bits per heavy atom. The van der Waals surface area contributed by atoms with Crippen molar-refractivity contribution in [1.82, 2.24) is 5.32 Å². The Labute approximate surface area is 69.6 Å². The van der Waals surface area contributed by atoms with Crippen LogP contribution in [0.3, 0.4) is 0 Å². The number of hydrogen-bond acceptors (Lipinski definition) is 1. The second-order valence-electron chi connectivity index (χ2n) is 4.60. The van der Waals surface area contributed by atoms with Crippen LogP contribution < -0.4 is 5.32 Å². The normalized spacial score (nSPS) is 36.3. The third-order valence-electron chi connectivity index (χ3n) is 3.61. The molecule has 1 N–H and O–H groups in total. The molecule has 2 aliphatic rings. The van der Waals surface area contributed by atoms with Crippen LogP contribution in [0.4, 0.5) is 0 Å². The fraction of sp³-hybridized carbons (Fsp3) is 1.00. The van der Waals surface area contributed by atoms with Crippen molar-refractivity contribution in [2.75, 3.05) is 13.1 Å². The van der Waals surface area contributed by atoms with Gasteiger partial charge < -0.3 is 5.32 Å². The Morgan fingerprint density at radius 2 is 1.91 bits per heavy atom. The summed E-state index contributed by atoms with van der Waals surface area (Å²) in [5.74, 6) is 1.01. The van der Waals surface area contributed by atoms with Gasteiger partial charge in [-0.3, -0.25) is 0 Å². The topological polar surface area (TPSA) is 12.0 Å². The Bertz CT molecular complexity index is 130. The van der Waals surface area contributed by atoms with E-state index in [1.165, 1.54) is 45.2 Å². The van der Waals surface area contributed by atoms with E-state index in [4.69, 9.17) is 0 Å². The number of piperidine rings is 1. The van der Waals surface area contributed by atoms with Gasteiger partial charge in [0.1, 0.15) is 0 Å². The highest BCUT2D eigenvalue weighted by Gasteiger charge is 2.37. The summed E-state index contributed by atoms with van der Waals surface area (Å²) in [5.41, 5.74) is 0.782. The van der Waals surface area contributed by atoms with Gasteiger partial charge >= 0.3 is 0 Å². The van der Waals surface area contributed by atoms with E-state index in [1.807, 2.05) is 0 Å². The molecule has 2 rings (SSSR count). The lowest BCUT2D eigenvalue weighted by molar-refractivity contribution is 0.203. The zero-order valence-corrected chi connectivity index (χ0v) is 7.53. The molecule has 0 bridgehead atoms. The van der Waals surface area contributed by atoms with Crippen LogP contribution in [0.25, 0.3) is 0 Å². The maximum atomic E-state index is 3.45. The third kappa shape index (κ3) is 1.44. The van der Waals surface area contributed by atoms with Gasteiger partial charge in [0.2, 0.25) is 0 Å². The molecule has 1 aliphatic carbocycles. The van der Waals surface area contributed by atoms with Crippen molar-refractivity contribution in [2.45, 2.75) is 39.0 Å². The van der Waals surface area contributed by atoms with Gasteiger partial charge in [0, 0.05) is 0 Å². The lowest BCUT2D eigenvalue weighted by atomic mass is 9.77. The van der Waals surface area contributed by atoms with E-state index in [0.717, 1.165) is 11.3 Å². The first-order chi connectivity index (χ1) is 5.31. The fourth-order valence-electron chi connectivity index (χ4n) is 2.91. The molecule has 0 unspecified atom stereocenters.